The number of ketones is 1. The summed E-state index contributed by atoms with van der Waals surface area (Å²) in [6, 6.07) is 0. The van der Waals surface area contributed by atoms with E-state index in [1.807, 2.05) is 0 Å². The zero-order chi connectivity index (χ0) is 17.9. The maximum absolute atomic E-state index is 10.5. The van der Waals surface area contributed by atoms with Gasteiger partial charge in [-0.15, -0.1) is 0 Å². The Hall–Kier alpha value is -1.02. The van der Waals surface area contributed by atoms with Crippen molar-refractivity contribution in [2.75, 3.05) is 19.8 Å². The maximum Gasteiger partial charge on any atom is 0.189 e. The van der Waals surface area contributed by atoms with Crippen LogP contribution in [0.2, 0.25) is 0 Å². The molecule has 0 amide bonds. The van der Waals surface area contributed by atoms with E-state index >= 15 is 0 Å². The fraction of sp³-hybridized carbons (Fsp3) is 0.818. The van der Waals surface area contributed by atoms with Crippen LogP contribution in [0.4, 0.5) is 0 Å². The molecule has 0 rings (SSSR count). The topological polar surface area (TPSA) is 216 Å². The predicted octanol–water partition coefficient (Wildman–Crippen LogP) is -6.12. The van der Waals surface area contributed by atoms with Crippen LogP contribution in [0.5, 0.6) is 0 Å². The monoisotopic (exact) mass is 330 g/mol. The third kappa shape index (κ3) is 8.43. The van der Waals surface area contributed by atoms with E-state index < -0.39 is 62.2 Å². The van der Waals surface area contributed by atoms with Crippen LogP contribution in [0.15, 0.2) is 0 Å². The van der Waals surface area contributed by atoms with Crippen LogP contribution in [0, 0.1) is 0 Å². The summed E-state index contributed by atoms with van der Waals surface area (Å²) in [5.41, 5.74) is 0. The molecule has 0 saturated carbocycles. The number of aliphatic hydroxyl groups is 9. The first-order valence-corrected chi connectivity index (χ1v) is 6.06. The van der Waals surface area contributed by atoms with Gasteiger partial charge in [-0.2, -0.15) is 0 Å². The zero-order valence-corrected chi connectivity index (χ0v) is 11.5. The van der Waals surface area contributed by atoms with Crippen LogP contribution in [-0.4, -0.2) is 114 Å². The number of hydrogen-bond acceptors (Lipinski definition) is 11. The molecule has 0 aromatic carbocycles. The Kier molecular flexibility index (Phi) is 13.2. The summed E-state index contributed by atoms with van der Waals surface area (Å²) in [5.74, 6) is -1.00. The molecule has 6 atom stereocenters. The highest BCUT2D eigenvalue weighted by molar-refractivity contribution is 5.84. The summed E-state index contributed by atoms with van der Waals surface area (Å²) >= 11 is 0. The van der Waals surface area contributed by atoms with Gasteiger partial charge in [0.25, 0.3) is 0 Å². The van der Waals surface area contributed by atoms with E-state index in [4.69, 9.17) is 46.0 Å². The Morgan fingerprint density at radius 3 is 1.55 bits per heavy atom. The van der Waals surface area contributed by atoms with Crippen molar-refractivity contribution in [1.29, 1.82) is 0 Å². The SMILES string of the molecule is O=C(CO)[C@@H](O)[C@H](O)[C@@H](O)CO.O=C[C@H](O)[C@@H](O)[C@@H](O)CO. The lowest BCUT2D eigenvalue weighted by Crippen LogP contribution is -2.44. The van der Waals surface area contributed by atoms with E-state index in [0.29, 0.717) is 0 Å². The van der Waals surface area contributed by atoms with Crippen molar-refractivity contribution in [3.05, 3.63) is 0 Å². The fourth-order valence-corrected chi connectivity index (χ4v) is 1.02. The molecule has 9 N–H and O–H groups in total. The number of aldehydes is 1. The zero-order valence-electron chi connectivity index (χ0n) is 11.5. The van der Waals surface area contributed by atoms with Crippen molar-refractivity contribution in [3.63, 3.8) is 0 Å². The standard InChI is InChI=1S/C6H12O6.C5H10O5/c7-1-3(9)5(11)6(12)4(10)2-8;6-1-3(8)5(10)4(9)2-7/h3,5-9,11-12H,1-2H2;1,3-5,7-10H,2H2/t3-,5+,6+;3-,4-,5+/m00/s1. The van der Waals surface area contributed by atoms with Gasteiger partial charge in [0.15, 0.2) is 12.1 Å². The molecule has 0 aromatic heterocycles. The molecule has 0 fully saturated rings. The minimum Gasteiger partial charge on any atom is -0.394 e. The number of carbonyl (C=O) groups excluding carboxylic acids is 2. The second-order valence-electron chi connectivity index (χ2n) is 4.18. The van der Waals surface area contributed by atoms with Crippen LogP contribution in [-0.2, 0) is 9.59 Å². The molecular weight excluding hydrogens is 308 g/mol. The first-order valence-electron chi connectivity index (χ1n) is 6.06. The van der Waals surface area contributed by atoms with Gasteiger partial charge in [-0.25, -0.2) is 0 Å². The molecule has 11 nitrogen and oxygen atoms in total. The molecule has 0 spiro atoms. The van der Waals surface area contributed by atoms with Gasteiger partial charge in [0.1, 0.15) is 43.2 Å². The van der Waals surface area contributed by atoms with Gasteiger partial charge >= 0.3 is 0 Å². The Bertz CT molecular complexity index is 310. The molecule has 132 valence electrons. The molecular formula is C11H22O11. The molecule has 0 heterocycles. The molecule has 22 heavy (non-hydrogen) atoms. The largest absolute Gasteiger partial charge is 0.394 e. The maximum atomic E-state index is 10.5. The van der Waals surface area contributed by atoms with Crippen LogP contribution in [0.25, 0.3) is 0 Å². The summed E-state index contributed by atoms with van der Waals surface area (Å²) in [6.45, 7) is -2.38. The van der Waals surface area contributed by atoms with Crippen LogP contribution < -0.4 is 0 Å². The molecule has 0 bridgehead atoms. The fourth-order valence-electron chi connectivity index (χ4n) is 1.02. The van der Waals surface area contributed by atoms with Gasteiger partial charge in [-0.3, -0.25) is 4.79 Å². The number of Topliss-reactive ketones (excluding diaryl/α,β-unsaturated/α-hetero) is 1. The Labute approximate surface area is 125 Å². The van der Waals surface area contributed by atoms with E-state index in [-0.39, 0.29) is 6.29 Å². The molecule has 0 saturated heterocycles. The molecule has 0 radical (unpaired) electrons. The molecule has 0 aromatic rings. The lowest BCUT2D eigenvalue weighted by atomic mass is 10.1. The van der Waals surface area contributed by atoms with Crippen molar-refractivity contribution >= 4 is 12.1 Å². The van der Waals surface area contributed by atoms with Crippen molar-refractivity contribution in [2.45, 2.75) is 36.6 Å². The first-order chi connectivity index (χ1) is 10.2. The molecule has 0 unspecified atom stereocenters. The van der Waals surface area contributed by atoms with Gasteiger partial charge in [0.05, 0.1) is 13.2 Å². The highest BCUT2D eigenvalue weighted by Gasteiger charge is 2.28. The molecule has 0 aliphatic rings. The van der Waals surface area contributed by atoms with E-state index in [0.717, 1.165) is 0 Å². The third-order valence-corrected chi connectivity index (χ3v) is 2.46. The Morgan fingerprint density at radius 2 is 1.23 bits per heavy atom. The van der Waals surface area contributed by atoms with E-state index in [1.165, 1.54) is 0 Å². The number of carbonyl (C=O) groups is 2. The van der Waals surface area contributed by atoms with E-state index in [2.05, 4.69) is 0 Å². The summed E-state index contributed by atoms with van der Waals surface area (Å²) in [4.78, 5) is 20.3. The van der Waals surface area contributed by atoms with Gasteiger partial charge < -0.3 is 50.8 Å². The van der Waals surface area contributed by atoms with Crippen molar-refractivity contribution in [2.24, 2.45) is 0 Å². The summed E-state index contributed by atoms with van der Waals surface area (Å²) in [6.07, 6.45) is -9.85. The van der Waals surface area contributed by atoms with Crippen LogP contribution in [0.1, 0.15) is 0 Å². The highest BCUT2D eigenvalue weighted by atomic mass is 16.4. The van der Waals surface area contributed by atoms with Gasteiger partial charge in [-0.05, 0) is 0 Å². The van der Waals surface area contributed by atoms with Gasteiger partial charge in [-0.1, -0.05) is 0 Å². The van der Waals surface area contributed by atoms with Crippen molar-refractivity contribution in [3.8, 4) is 0 Å². The minimum absolute atomic E-state index is 0.0869. The second kappa shape index (κ2) is 12.5. The van der Waals surface area contributed by atoms with Crippen LogP contribution >= 0.6 is 0 Å². The van der Waals surface area contributed by atoms with Gasteiger partial charge in [0, 0.05) is 0 Å². The highest BCUT2D eigenvalue weighted by Crippen LogP contribution is 2.00. The Morgan fingerprint density at radius 1 is 0.818 bits per heavy atom. The van der Waals surface area contributed by atoms with Gasteiger partial charge in [0.2, 0.25) is 0 Å². The quantitative estimate of drug-likeness (QED) is 0.181. The van der Waals surface area contributed by atoms with Crippen molar-refractivity contribution in [1.82, 2.24) is 0 Å². The summed E-state index contributed by atoms with van der Waals surface area (Å²) in [5, 5.41) is 77.1. The number of hydrogen-bond donors (Lipinski definition) is 9. The number of aliphatic hydroxyl groups excluding tert-OH is 9. The predicted molar refractivity (Wildman–Crippen MR) is 68.4 cm³/mol. The first kappa shape index (κ1) is 23.2. The molecule has 0 aliphatic heterocycles. The lowest BCUT2D eigenvalue weighted by molar-refractivity contribution is -0.142. The third-order valence-electron chi connectivity index (χ3n) is 2.46. The van der Waals surface area contributed by atoms with Crippen LogP contribution in [0.3, 0.4) is 0 Å². The number of rotatable bonds is 9. The van der Waals surface area contributed by atoms with E-state index in [1.54, 1.807) is 0 Å². The normalized spacial score (nSPS) is 19.0. The summed E-state index contributed by atoms with van der Waals surface area (Å²) < 4.78 is 0. The average molecular weight is 330 g/mol. The van der Waals surface area contributed by atoms with Crippen molar-refractivity contribution < 1.29 is 55.5 Å². The Balaban J connectivity index is 0. The smallest absolute Gasteiger partial charge is 0.189 e. The molecule has 0 aliphatic carbocycles. The second-order valence-corrected chi connectivity index (χ2v) is 4.18. The van der Waals surface area contributed by atoms with E-state index in [9.17, 15) is 9.59 Å². The average Bonchev–Trinajstić information content (AvgIpc) is 2.56. The summed E-state index contributed by atoms with van der Waals surface area (Å²) in [7, 11) is 0. The lowest BCUT2D eigenvalue weighted by Gasteiger charge is -2.19. The minimum atomic E-state index is -1.86. The molecule has 11 heteroatoms.